The Morgan fingerprint density at radius 2 is 2.12 bits per heavy atom. The number of aliphatic imine (C=N–C) groups is 1. The molecule has 1 aliphatic heterocycles. The predicted molar refractivity (Wildman–Crippen MR) is 101 cm³/mol. The number of guanidine groups is 1. The van der Waals surface area contributed by atoms with Crippen LogP contribution >= 0.6 is 0 Å². The summed E-state index contributed by atoms with van der Waals surface area (Å²) < 4.78 is 16.8. The van der Waals surface area contributed by atoms with Gasteiger partial charge in [-0.2, -0.15) is 0 Å². The fraction of sp³-hybridized carbons (Fsp3) is 0.947. The molecule has 146 valence electrons. The van der Waals surface area contributed by atoms with Gasteiger partial charge >= 0.3 is 0 Å². The van der Waals surface area contributed by atoms with Crippen molar-refractivity contribution < 1.29 is 14.2 Å². The Morgan fingerprint density at radius 3 is 2.72 bits per heavy atom. The second-order valence-electron chi connectivity index (χ2n) is 7.98. The van der Waals surface area contributed by atoms with Crippen molar-refractivity contribution in [2.24, 2.45) is 16.3 Å². The summed E-state index contributed by atoms with van der Waals surface area (Å²) in [6.45, 7) is 13.7. The third-order valence-corrected chi connectivity index (χ3v) is 6.03. The largest absolute Gasteiger partial charge is 0.381 e. The summed E-state index contributed by atoms with van der Waals surface area (Å²) in [6.07, 6.45) is 3.06. The molecule has 1 saturated carbocycles. The van der Waals surface area contributed by atoms with Crippen molar-refractivity contribution in [2.45, 2.75) is 58.6 Å². The Balaban J connectivity index is 1.69. The van der Waals surface area contributed by atoms with E-state index in [4.69, 9.17) is 19.2 Å². The number of methoxy groups -OCH3 is 1. The maximum absolute atomic E-state index is 5.74. The predicted octanol–water partition coefficient (Wildman–Crippen LogP) is 2.19. The molecule has 2 rings (SSSR count). The Kier molecular flexibility index (Phi) is 7.52. The summed E-state index contributed by atoms with van der Waals surface area (Å²) in [7, 11) is 1.80. The molecule has 0 radical (unpaired) electrons. The lowest BCUT2D eigenvalue weighted by Gasteiger charge is -2.59. The van der Waals surface area contributed by atoms with Crippen molar-refractivity contribution >= 4 is 5.96 Å². The van der Waals surface area contributed by atoms with E-state index >= 15 is 0 Å². The minimum atomic E-state index is -0.0697. The van der Waals surface area contributed by atoms with Crippen LogP contribution in [0.2, 0.25) is 0 Å². The van der Waals surface area contributed by atoms with Crippen molar-refractivity contribution in [1.82, 2.24) is 10.6 Å². The van der Waals surface area contributed by atoms with Gasteiger partial charge in [-0.1, -0.05) is 13.8 Å². The molecule has 2 aliphatic rings. The van der Waals surface area contributed by atoms with Crippen LogP contribution in [0.4, 0.5) is 0 Å². The van der Waals surface area contributed by atoms with Crippen LogP contribution in [0, 0.1) is 11.3 Å². The monoisotopic (exact) mass is 355 g/mol. The van der Waals surface area contributed by atoms with Gasteiger partial charge in [-0.15, -0.1) is 0 Å². The SMILES string of the molecule is CCNC(=NCCCOCC1CCOC1)NC1CC(C)(OC)C1(C)C. The number of nitrogens with one attached hydrogen (secondary N) is 2. The molecule has 0 aromatic heterocycles. The first-order chi connectivity index (χ1) is 11.9. The summed E-state index contributed by atoms with van der Waals surface area (Å²) in [6, 6.07) is 0.369. The summed E-state index contributed by atoms with van der Waals surface area (Å²) >= 11 is 0. The van der Waals surface area contributed by atoms with E-state index in [0.29, 0.717) is 12.0 Å². The molecule has 6 nitrogen and oxygen atoms in total. The number of rotatable bonds is 9. The minimum Gasteiger partial charge on any atom is -0.381 e. The zero-order chi connectivity index (χ0) is 18.3. The van der Waals surface area contributed by atoms with Crippen molar-refractivity contribution in [3.63, 3.8) is 0 Å². The van der Waals surface area contributed by atoms with E-state index in [1.807, 2.05) is 0 Å². The molecule has 0 aromatic rings. The molecular formula is C19H37N3O3. The maximum Gasteiger partial charge on any atom is 0.191 e. The summed E-state index contributed by atoms with van der Waals surface area (Å²) in [5.41, 5.74) is 0.00416. The maximum atomic E-state index is 5.74. The highest BCUT2D eigenvalue weighted by molar-refractivity contribution is 5.80. The van der Waals surface area contributed by atoms with Gasteiger partial charge in [0.1, 0.15) is 0 Å². The molecule has 0 bridgehead atoms. The first kappa shape index (κ1) is 20.5. The highest BCUT2D eigenvalue weighted by Crippen LogP contribution is 2.51. The van der Waals surface area contributed by atoms with Gasteiger partial charge in [0.25, 0.3) is 0 Å². The zero-order valence-electron chi connectivity index (χ0n) is 16.7. The highest BCUT2D eigenvalue weighted by Gasteiger charge is 2.58. The van der Waals surface area contributed by atoms with Crippen LogP contribution in [0.25, 0.3) is 0 Å². The topological polar surface area (TPSA) is 64.1 Å². The molecule has 0 spiro atoms. The van der Waals surface area contributed by atoms with E-state index in [1.54, 1.807) is 7.11 Å². The quantitative estimate of drug-likeness (QED) is 0.377. The van der Waals surface area contributed by atoms with Crippen molar-refractivity contribution in [1.29, 1.82) is 0 Å². The Morgan fingerprint density at radius 1 is 1.32 bits per heavy atom. The van der Waals surface area contributed by atoms with E-state index in [2.05, 4.69) is 38.3 Å². The Labute approximate surface area is 153 Å². The minimum absolute atomic E-state index is 0.0697. The smallest absolute Gasteiger partial charge is 0.191 e. The van der Waals surface area contributed by atoms with Gasteiger partial charge in [0.15, 0.2) is 5.96 Å². The van der Waals surface area contributed by atoms with Crippen molar-refractivity contribution in [3.8, 4) is 0 Å². The van der Waals surface area contributed by atoms with Crippen LogP contribution in [0.5, 0.6) is 0 Å². The molecule has 3 atom stereocenters. The van der Waals surface area contributed by atoms with Crippen LogP contribution < -0.4 is 10.6 Å². The molecule has 2 N–H and O–H groups in total. The number of hydrogen-bond acceptors (Lipinski definition) is 4. The molecule has 3 unspecified atom stereocenters. The first-order valence-corrected chi connectivity index (χ1v) is 9.68. The lowest BCUT2D eigenvalue weighted by Crippen LogP contribution is -2.69. The summed E-state index contributed by atoms with van der Waals surface area (Å²) in [5, 5.41) is 6.91. The molecule has 6 heteroatoms. The van der Waals surface area contributed by atoms with Gasteiger partial charge in [-0.25, -0.2) is 0 Å². The summed E-state index contributed by atoms with van der Waals surface area (Å²) in [4.78, 5) is 4.69. The standard InChI is InChI=1S/C19H37N3O3/c1-6-20-17(22-16-12-19(4,23-5)18(16,2)3)21-9-7-10-24-13-15-8-11-25-14-15/h15-16H,6-14H2,1-5H3,(H2,20,21,22). The lowest BCUT2D eigenvalue weighted by molar-refractivity contribution is -0.176. The Hall–Kier alpha value is -0.850. The fourth-order valence-corrected chi connectivity index (χ4v) is 3.53. The highest BCUT2D eigenvalue weighted by atomic mass is 16.5. The first-order valence-electron chi connectivity index (χ1n) is 9.68. The molecule has 25 heavy (non-hydrogen) atoms. The van der Waals surface area contributed by atoms with Gasteiger partial charge in [-0.05, 0) is 33.1 Å². The second-order valence-corrected chi connectivity index (χ2v) is 7.98. The van der Waals surface area contributed by atoms with Crippen LogP contribution in [0.3, 0.4) is 0 Å². The lowest BCUT2D eigenvalue weighted by atomic mass is 9.56. The van der Waals surface area contributed by atoms with Crippen LogP contribution in [0.15, 0.2) is 4.99 Å². The van der Waals surface area contributed by atoms with E-state index < -0.39 is 0 Å². The third kappa shape index (κ3) is 5.08. The molecule has 0 amide bonds. The van der Waals surface area contributed by atoms with Crippen molar-refractivity contribution in [3.05, 3.63) is 0 Å². The Bertz CT molecular complexity index is 436. The normalized spacial score (nSPS) is 31.6. The van der Waals surface area contributed by atoms with Crippen LogP contribution in [-0.2, 0) is 14.2 Å². The van der Waals surface area contributed by atoms with E-state index in [9.17, 15) is 0 Å². The average molecular weight is 356 g/mol. The molecule has 1 saturated heterocycles. The molecular weight excluding hydrogens is 318 g/mol. The molecule has 1 heterocycles. The molecule has 1 aliphatic carbocycles. The van der Waals surface area contributed by atoms with Crippen molar-refractivity contribution in [2.75, 3.05) is 46.6 Å². The van der Waals surface area contributed by atoms with Gasteiger partial charge in [0.2, 0.25) is 0 Å². The average Bonchev–Trinajstić information content (AvgIpc) is 3.10. The van der Waals surface area contributed by atoms with Gasteiger partial charge in [-0.3, -0.25) is 4.99 Å². The molecule has 0 aromatic carbocycles. The second kappa shape index (κ2) is 9.19. The summed E-state index contributed by atoms with van der Waals surface area (Å²) in [5.74, 6) is 1.47. The zero-order valence-corrected chi connectivity index (χ0v) is 16.7. The number of hydrogen-bond donors (Lipinski definition) is 2. The molecule has 2 fully saturated rings. The fourth-order valence-electron chi connectivity index (χ4n) is 3.53. The number of nitrogens with zero attached hydrogens (tertiary/aromatic N) is 1. The number of ether oxygens (including phenoxy) is 3. The van der Waals surface area contributed by atoms with E-state index in [-0.39, 0.29) is 11.0 Å². The van der Waals surface area contributed by atoms with Gasteiger partial charge in [0, 0.05) is 50.8 Å². The third-order valence-electron chi connectivity index (χ3n) is 6.03. The van der Waals surface area contributed by atoms with Gasteiger partial charge in [0.05, 0.1) is 18.8 Å². The van der Waals surface area contributed by atoms with E-state index in [0.717, 1.165) is 64.7 Å². The van der Waals surface area contributed by atoms with Crippen LogP contribution in [-0.4, -0.2) is 64.2 Å². The van der Waals surface area contributed by atoms with Gasteiger partial charge < -0.3 is 24.8 Å². The van der Waals surface area contributed by atoms with Crippen LogP contribution in [0.1, 0.15) is 47.0 Å². The van der Waals surface area contributed by atoms with E-state index in [1.165, 1.54) is 0 Å².